The number of hydrogen-bond acceptors (Lipinski definition) is 0. The molecule has 0 nitrogen and oxygen atoms in total. The first-order chi connectivity index (χ1) is 9.52. The molecule has 0 heterocycles. The van der Waals surface area contributed by atoms with Gasteiger partial charge in [-0.15, -0.1) is 0 Å². The SMILES string of the molecule is CC(C)C1C(C)C2CC1C1C3CC(C4C(C)C(C)C34)C21. The molecule has 0 saturated heterocycles. The maximum Gasteiger partial charge on any atom is -0.0318 e. The van der Waals surface area contributed by atoms with Crippen molar-refractivity contribution in [3.8, 4) is 0 Å². The summed E-state index contributed by atoms with van der Waals surface area (Å²) in [5.74, 6) is 14.3. The maximum atomic E-state index is 2.61. The van der Waals surface area contributed by atoms with Crippen LogP contribution in [-0.2, 0) is 0 Å². The molecule has 0 aromatic rings. The predicted octanol–water partition coefficient (Wildman–Crippen LogP) is 4.94. The fourth-order valence-electron chi connectivity index (χ4n) is 9.22. The average molecular weight is 272 g/mol. The normalized spacial score (nSPS) is 69.3. The third-order valence-corrected chi connectivity index (χ3v) is 9.53. The highest BCUT2D eigenvalue weighted by Crippen LogP contribution is 2.78. The highest BCUT2D eigenvalue weighted by molar-refractivity contribution is 5.20. The fraction of sp³-hybridized carbons (Fsp3) is 1.00. The van der Waals surface area contributed by atoms with E-state index in [4.69, 9.17) is 0 Å². The molecule has 0 N–H and O–H groups in total. The first-order valence-electron chi connectivity index (χ1n) is 9.52. The summed E-state index contributed by atoms with van der Waals surface area (Å²) in [5.41, 5.74) is 0. The Kier molecular flexibility index (Phi) is 2.30. The van der Waals surface area contributed by atoms with Gasteiger partial charge in [0.25, 0.3) is 0 Å². The lowest BCUT2D eigenvalue weighted by Gasteiger charge is -2.58. The quantitative estimate of drug-likeness (QED) is 0.593. The molecule has 0 aromatic carbocycles. The van der Waals surface area contributed by atoms with Gasteiger partial charge in [0.05, 0.1) is 0 Å². The van der Waals surface area contributed by atoms with E-state index in [0.717, 1.165) is 65.1 Å². The number of hydrogen-bond donors (Lipinski definition) is 0. The maximum absolute atomic E-state index is 2.61. The van der Waals surface area contributed by atoms with E-state index < -0.39 is 0 Å². The molecule has 0 amide bonds. The lowest BCUT2D eigenvalue weighted by molar-refractivity contribution is -0.110. The van der Waals surface area contributed by atoms with E-state index in [2.05, 4.69) is 34.6 Å². The third-order valence-electron chi connectivity index (χ3n) is 9.53. The van der Waals surface area contributed by atoms with E-state index in [1.54, 1.807) is 12.8 Å². The Balaban J connectivity index is 1.51. The summed E-state index contributed by atoms with van der Waals surface area (Å²) in [6.07, 6.45) is 3.26. The Morgan fingerprint density at radius 1 is 0.600 bits per heavy atom. The van der Waals surface area contributed by atoms with Crippen molar-refractivity contribution in [3.63, 3.8) is 0 Å². The van der Waals surface area contributed by atoms with Crippen molar-refractivity contribution in [3.05, 3.63) is 0 Å². The van der Waals surface area contributed by atoms with Gasteiger partial charge in [0.1, 0.15) is 0 Å². The zero-order valence-corrected chi connectivity index (χ0v) is 13.9. The highest BCUT2D eigenvalue weighted by atomic mass is 14.8. The minimum atomic E-state index is 0.925. The van der Waals surface area contributed by atoms with Crippen molar-refractivity contribution in [2.45, 2.75) is 47.5 Å². The molecule has 0 aliphatic heterocycles. The van der Waals surface area contributed by atoms with E-state index in [1.165, 1.54) is 11.8 Å². The van der Waals surface area contributed by atoms with Crippen molar-refractivity contribution in [2.24, 2.45) is 76.9 Å². The molecule has 5 aliphatic rings. The van der Waals surface area contributed by atoms with Gasteiger partial charge in [0.15, 0.2) is 0 Å². The Labute approximate surface area is 125 Å². The molecule has 112 valence electrons. The Hall–Kier alpha value is 0. The Morgan fingerprint density at radius 3 is 1.65 bits per heavy atom. The standard InChI is InChI=1S/C20H32/c1-8(2)16-11(5)12-6-13(16)20-15-7-14(19(12)20)17-9(3)10(4)18(15)17/h8-20H,6-7H2,1-5H3. The first-order valence-corrected chi connectivity index (χ1v) is 9.52. The fourth-order valence-corrected chi connectivity index (χ4v) is 9.22. The van der Waals surface area contributed by atoms with Gasteiger partial charge in [-0.3, -0.25) is 0 Å². The molecule has 5 saturated carbocycles. The van der Waals surface area contributed by atoms with Gasteiger partial charge in [-0.05, 0) is 89.8 Å². The smallest absolute Gasteiger partial charge is 0.0318 e. The first kappa shape index (κ1) is 12.5. The largest absolute Gasteiger partial charge is 0.0625 e. The molecule has 0 aromatic heterocycles. The van der Waals surface area contributed by atoms with Crippen LogP contribution in [0, 0.1) is 76.9 Å². The minimum absolute atomic E-state index is 0.925. The van der Waals surface area contributed by atoms with E-state index in [-0.39, 0.29) is 0 Å². The van der Waals surface area contributed by atoms with Gasteiger partial charge in [-0.1, -0.05) is 34.6 Å². The van der Waals surface area contributed by atoms with Gasteiger partial charge in [0.2, 0.25) is 0 Å². The summed E-state index contributed by atoms with van der Waals surface area (Å²) in [6.45, 7) is 12.7. The van der Waals surface area contributed by atoms with Crippen LogP contribution in [0.5, 0.6) is 0 Å². The molecular formula is C20H32. The second-order valence-corrected chi connectivity index (χ2v) is 9.83. The molecule has 12 unspecified atom stereocenters. The summed E-state index contributed by atoms with van der Waals surface area (Å²) in [4.78, 5) is 0. The molecule has 4 bridgehead atoms. The van der Waals surface area contributed by atoms with Crippen LogP contribution in [0.15, 0.2) is 0 Å². The molecule has 0 spiro atoms. The molecule has 20 heavy (non-hydrogen) atoms. The number of fused-ring (bicyclic) bond motifs is 12. The van der Waals surface area contributed by atoms with Crippen LogP contribution in [0.3, 0.4) is 0 Å². The predicted molar refractivity (Wildman–Crippen MR) is 83.0 cm³/mol. The highest BCUT2D eigenvalue weighted by Gasteiger charge is 2.73. The summed E-state index contributed by atoms with van der Waals surface area (Å²) in [7, 11) is 0. The molecule has 5 fully saturated rings. The van der Waals surface area contributed by atoms with Crippen LogP contribution in [-0.4, -0.2) is 0 Å². The Bertz CT molecular complexity index is 437. The van der Waals surface area contributed by atoms with E-state index in [0.29, 0.717) is 0 Å². The third kappa shape index (κ3) is 1.12. The second-order valence-electron chi connectivity index (χ2n) is 9.83. The van der Waals surface area contributed by atoms with E-state index >= 15 is 0 Å². The van der Waals surface area contributed by atoms with E-state index in [9.17, 15) is 0 Å². The molecule has 12 atom stereocenters. The summed E-state index contributed by atoms with van der Waals surface area (Å²) in [6, 6.07) is 0. The van der Waals surface area contributed by atoms with Crippen molar-refractivity contribution in [1.29, 1.82) is 0 Å². The lowest BCUT2D eigenvalue weighted by Crippen LogP contribution is -2.54. The molecular weight excluding hydrogens is 240 g/mol. The van der Waals surface area contributed by atoms with Crippen LogP contribution < -0.4 is 0 Å². The van der Waals surface area contributed by atoms with Gasteiger partial charge >= 0.3 is 0 Å². The monoisotopic (exact) mass is 272 g/mol. The van der Waals surface area contributed by atoms with Crippen molar-refractivity contribution >= 4 is 0 Å². The van der Waals surface area contributed by atoms with Gasteiger partial charge in [0, 0.05) is 0 Å². The zero-order chi connectivity index (χ0) is 13.9. The van der Waals surface area contributed by atoms with Gasteiger partial charge in [-0.2, -0.15) is 0 Å². The molecule has 0 radical (unpaired) electrons. The second kappa shape index (κ2) is 3.66. The molecule has 5 aliphatic carbocycles. The lowest BCUT2D eigenvalue weighted by atomic mass is 9.47. The van der Waals surface area contributed by atoms with Gasteiger partial charge < -0.3 is 0 Å². The minimum Gasteiger partial charge on any atom is -0.0625 e. The van der Waals surface area contributed by atoms with Crippen molar-refractivity contribution < 1.29 is 0 Å². The average Bonchev–Trinajstić information content (AvgIpc) is 3.10. The van der Waals surface area contributed by atoms with Crippen LogP contribution >= 0.6 is 0 Å². The van der Waals surface area contributed by atoms with Crippen LogP contribution in [0.4, 0.5) is 0 Å². The van der Waals surface area contributed by atoms with E-state index in [1.807, 2.05) is 0 Å². The molecule has 0 heteroatoms. The zero-order valence-electron chi connectivity index (χ0n) is 13.9. The summed E-state index contributed by atoms with van der Waals surface area (Å²) < 4.78 is 0. The summed E-state index contributed by atoms with van der Waals surface area (Å²) >= 11 is 0. The van der Waals surface area contributed by atoms with Crippen molar-refractivity contribution in [1.82, 2.24) is 0 Å². The van der Waals surface area contributed by atoms with Crippen molar-refractivity contribution in [2.75, 3.05) is 0 Å². The van der Waals surface area contributed by atoms with Gasteiger partial charge in [-0.25, -0.2) is 0 Å². The van der Waals surface area contributed by atoms with Crippen LogP contribution in [0.25, 0.3) is 0 Å². The van der Waals surface area contributed by atoms with Crippen LogP contribution in [0.1, 0.15) is 47.5 Å². The van der Waals surface area contributed by atoms with Crippen LogP contribution in [0.2, 0.25) is 0 Å². The number of rotatable bonds is 1. The topological polar surface area (TPSA) is 0 Å². The molecule has 5 rings (SSSR count). The Morgan fingerprint density at radius 2 is 1.10 bits per heavy atom. The summed E-state index contributed by atoms with van der Waals surface area (Å²) in [5, 5.41) is 0.